The molecule has 0 aliphatic heterocycles. The fraction of sp³-hybridized carbons (Fsp3) is 0.267. The van der Waals surface area contributed by atoms with E-state index in [1.807, 2.05) is 18.2 Å². The zero-order chi connectivity index (χ0) is 15.4. The number of aromatic nitrogens is 1. The molecule has 0 bridgehead atoms. The largest absolute Gasteiger partial charge is 0.481 e. The molecule has 21 heavy (non-hydrogen) atoms. The molecule has 1 aromatic heterocycles. The van der Waals surface area contributed by atoms with E-state index in [4.69, 9.17) is 9.52 Å². The number of fused-ring (bicyclic) bond motifs is 1. The summed E-state index contributed by atoms with van der Waals surface area (Å²) in [6.07, 6.45) is 2.80. The maximum Gasteiger partial charge on any atom is 0.308 e. The van der Waals surface area contributed by atoms with E-state index in [9.17, 15) is 9.59 Å². The molecule has 1 atom stereocenters. The molecule has 6 heteroatoms. The van der Waals surface area contributed by atoms with E-state index in [1.54, 1.807) is 20.0 Å². The van der Waals surface area contributed by atoms with Gasteiger partial charge in [0.15, 0.2) is 5.58 Å². The van der Waals surface area contributed by atoms with Crippen molar-refractivity contribution < 1.29 is 19.1 Å². The third kappa shape index (κ3) is 3.68. The highest BCUT2D eigenvalue weighted by Gasteiger charge is 2.15. The lowest BCUT2D eigenvalue weighted by Gasteiger charge is -2.17. The summed E-state index contributed by atoms with van der Waals surface area (Å²) in [5, 5.41) is 8.82. The SMILES string of the molecule is CC(CN(C)C(=O)C=Cc1nc2ccccc2o1)C(=O)O. The van der Waals surface area contributed by atoms with Crippen LogP contribution >= 0.6 is 0 Å². The van der Waals surface area contributed by atoms with E-state index in [2.05, 4.69) is 4.98 Å². The molecule has 2 rings (SSSR count). The first-order valence-electron chi connectivity index (χ1n) is 6.49. The van der Waals surface area contributed by atoms with Gasteiger partial charge in [-0.3, -0.25) is 9.59 Å². The number of rotatable bonds is 5. The molecule has 6 nitrogen and oxygen atoms in total. The minimum absolute atomic E-state index is 0.145. The van der Waals surface area contributed by atoms with Crippen LogP contribution in [-0.4, -0.2) is 40.5 Å². The van der Waals surface area contributed by atoms with Gasteiger partial charge in [-0.05, 0) is 12.1 Å². The molecule has 0 saturated carbocycles. The predicted molar refractivity (Wildman–Crippen MR) is 77.5 cm³/mol. The highest BCUT2D eigenvalue weighted by molar-refractivity contribution is 5.91. The van der Waals surface area contributed by atoms with Gasteiger partial charge in [-0.1, -0.05) is 19.1 Å². The van der Waals surface area contributed by atoms with Crippen LogP contribution in [0.2, 0.25) is 0 Å². The Morgan fingerprint density at radius 3 is 2.81 bits per heavy atom. The van der Waals surface area contributed by atoms with Crippen molar-refractivity contribution in [3.63, 3.8) is 0 Å². The highest BCUT2D eigenvalue weighted by Crippen LogP contribution is 2.15. The fourth-order valence-electron chi connectivity index (χ4n) is 1.81. The number of carboxylic acids is 1. The van der Waals surface area contributed by atoms with Crippen molar-refractivity contribution in [2.45, 2.75) is 6.92 Å². The second-order valence-corrected chi connectivity index (χ2v) is 4.81. The molecule has 110 valence electrons. The van der Waals surface area contributed by atoms with Gasteiger partial charge < -0.3 is 14.4 Å². The van der Waals surface area contributed by atoms with Crippen molar-refractivity contribution in [3.8, 4) is 0 Å². The van der Waals surface area contributed by atoms with Gasteiger partial charge >= 0.3 is 5.97 Å². The number of carbonyl (C=O) groups excluding carboxylic acids is 1. The molecule has 0 aliphatic rings. The molecule has 0 fully saturated rings. The molecular weight excluding hydrogens is 272 g/mol. The Labute approximate surface area is 121 Å². The Morgan fingerprint density at radius 2 is 2.14 bits per heavy atom. The van der Waals surface area contributed by atoms with Gasteiger partial charge in [-0.25, -0.2) is 4.98 Å². The molecule has 0 radical (unpaired) electrons. The van der Waals surface area contributed by atoms with Gasteiger partial charge in [0.05, 0.1) is 5.92 Å². The monoisotopic (exact) mass is 288 g/mol. The molecule has 2 aromatic rings. The zero-order valence-corrected chi connectivity index (χ0v) is 11.8. The van der Waals surface area contributed by atoms with Crippen LogP contribution < -0.4 is 0 Å². The topological polar surface area (TPSA) is 83.6 Å². The lowest BCUT2D eigenvalue weighted by atomic mass is 10.2. The smallest absolute Gasteiger partial charge is 0.308 e. The fourth-order valence-corrected chi connectivity index (χ4v) is 1.81. The summed E-state index contributed by atoms with van der Waals surface area (Å²) in [4.78, 5) is 28.2. The third-order valence-electron chi connectivity index (χ3n) is 3.02. The van der Waals surface area contributed by atoms with Gasteiger partial charge in [-0.2, -0.15) is 0 Å². The Hall–Kier alpha value is -2.63. The quantitative estimate of drug-likeness (QED) is 0.851. The van der Waals surface area contributed by atoms with Crippen LogP contribution in [0, 0.1) is 5.92 Å². The summed E-state index contributed by atoms with van der Waals surface area (Å²) in [5.41, 5.74) is 1.37. The molecule has 0 aliphatic carbocycles. The number of benzene rings is 1. The Bertz CT molecular complexity index is 657. The molecular formula is C15H16N2O4. The molecule has 1 N–H and O–H groups in total. The van der Waals surface area contributed by atoms with Crippen molar-refractivity contribution in [2.24, 2.45) is 5.92 Å². The lowest BCUT2D eigenvalue weighted by Crippen LogP contribution is -2.32. The number of amides is 1. The lowest BCUT2D eigenvalue weighted by molar-refractivity contribution is -0.142. The number of nitrogens with zero attached hydrogens (tertiary/aromatic N) is 2. The van der Waals surface area contributed by atoms with E-state index < -0.39 is 11.9 Å². The second kappa shape index (κ2) is 6.21. The maximum atomic E-state index is 11.9. The minimum Gasteiger partial charge on any atom is -0.481 e. The summed E-state index contributed by atoms with van der Waals surface area (Å²) in [6, 6.07) is 7.30. The van der Waals surface area contributed by atoms with Crippen LogP contribution in [0.4, 0.5) is 0 Å². The summed E-state index contributed by atoms with van der Waals surface area (Å²) in [7, 11) is 1.55. The average Bonchev–Trinajstić information content (AvgIpc) is 2.87. The number of hydrogen-bond donors (Lipinski definition) is 1. The van der Waals surface area contributed by atoms with Crippen LogP contribution in [-0.2, 0) is 9.59 Å². The first-order chi connectivity index (χ1) is 9.97. The number of carbonyl (C=O) groups is 2. The van der Waals surface area contributed by atoms with Crippen molar-refractivity contribution in [3.05, 3.63) is 36.2 Å². The summed E-state index contributed by atoms with van der Waals surface area (Å²) in [6.45, 7) is 1.70. The average molecular weight is 288 g/mol. The molecule has 0 spiro atoms. The first kappa shape index (κ1) is 14.8. The number of aliphatic carboxylic acids is 1. The van der Waals surface area contributed by atoms with E-state index in [0.29, 0.717) is 11.5 Å². The molecule has 1 amide bonds. The summed E-state index contributed by atoms with van der Waals surface area (Å²) < 4.78 is 5.45. The number of hydrogen-bond acceptors (Lipinski definition) is 4. The molecule has 1 unspecified atom stereocenters. The normalized spacial score (nSPS) is 12.7. The van der Waals surface area contributed by atoms with Gasteiger partial charge in [0.25, 0.3) is 0 Å². The van der Waals surface area contributed by atoms with Gasteiger partial charge in [0.2, 0.25) is 11.8 Å². The van der Waals surface area contributed by atoms with Gasteiger partial charge in [-0.15, -0.1) is 0 Å². The van der Waals surface area contributed by atoms with Crippen molar-refractivity contribution in [1.29, 1.82) is 0 Å². The van der Waals surface area contributed by atoms with Crippen molar-refractivity contribution in [1.82, 2.24) is 9.88 Å². The van der Waals surface area contributed by atoms with Crippen LogP contribution in [0.1, 0.15) is 12.8 Å². The summed E-state index contributed by atoms with van der Waals surface area (Å²) in [5.74, 6) is -1.51. The van der Waals surface area contributed by atoms with E-state index in [-0.39, 0.29) is 12.5 Å². The number of likely N-dealkylation sites (N-methyl/N-ethyl adjacent to an activating group) is 1. The second-order valence-electron chi connectivity index (χ2n) is 4.81. The Morgan fingerprint density at radius 1 is 1.43 bits per heavy atom. The van der Waals surface area contributed by atoms with Crippen LogP contribution in [0.5, 0.6) is 0 Å². The van der Waals surface area contributed by atoms with Crippen molar-refractivity contribution in [2.75, 3.05) is 13.6 Å². The number of para-hydroxylation sites is 2. The Balaban J connectivity index is 2.02. The van der Waals surface area contributed by atoms with E-state index in [0.717, 1.165) is 5.52 Å². The zero-order valence-electron chi connectivity index (χ0n) is 11.8. The molecule has 1 aromatic carbocycles. The molecule has 0 saturated heterocycles. The minimum atomic E-state index is -0.933. The maximum absolute atomic E-state index is 11.9. The number of oxazole rings is 1. The van der Waals surface area contributed by atoms with Crippen LogP contribution in [0.25, 0.3) is 17.2 Å². The van der Waals surface area contributed by atoms with Gasteiger partial charge in [0.1, 0.15) is 5.52 Å². The standard InChI is InChI=1S/C15H16N2O4/c1-10(15(19)20)9-17(2)14(18)8-7-13-16-11-5-3-4-6-12(11)21-13/h3-8,10H,9H2,1-2H3,(H,19,20). The summed E-state index contributed by atoms with van der Waals surface area (Å²) >= 11 is 0. The highest BCUT2D eigenvalue weighted by atomic mass is 16.4. The van der Waals surface area contributed by atoms with Gasteiger partial charge in [0, 0.05) is 25.7 Å². The van der Waals surface area contributed by atoms with Crippen molar-refractivity contribution >= 4 is 29.1 Å². The third-order valence-corrected chi connectivity index (χ3v) is 3.02. The number of carboxylic acid groups (broad SMARTS) is 1. The predicted octanol–water partition coefficient (Wildman–Crippen LogP) is 2.02. The Kier molecular flexibility index (Phi) is 4.37. The van der Waals surface area contributed by atoms with E-state index in [1.165, 1.54) is 17.1 Å². The first-order valence-corrected chi connectivity index (χ1v) is 6.49. The van der Waals surface area contributed by atoms with E-state index >= 15 is 0 Å². The molecule has 1 heterocycles. The van der Waals surface area contributed by atoms with Crippen LogP contribution in [0.3, 0.4) is 0 Å². The van der Waals surface area contributed by atoms with Crippen LogP contribution in [0.15, 0.2) is 34.8 Å².